The highest BCUT2D eigenvalue weighted by Gasteiger charge is 2.45. The Kier molecular flexibility index (Phi) is 44.9. The Bertz CT molecular complexity index is 3020. The van der Waals surface area contributed by atoms with Crippen molar-refractivity contribution in [1.29, 1.82) is 0 Å². The fourth-order valence-electron chi connectivity index (χ4n) is 10.2. The summed E-state index contributed by atoms with van der Waals surface area (Å²) in [6.45, 7) is 12.6. The summed E-state index contributed by atoms with van der Waals surface area (Å²) in [7, 11) is 1.63. The van der Waals surface area contributed by atoms with E-state index in [1.165, 1.54) is 30.3 Å². The lowest BCUT2D eigenvalue weighted by molar-refractivity contribution is -0.277. The number of aliphatic hydroxyl groups is 4. The van der Waals surface area contributed by atoms with Crippen molar-refractivity contribution in [3.63, 3.8) is 0 Å². The van der Waals surface area contributed by atoms with Crippen molar-refractivity contribution >= 4 is 63.2 Å². The van der Waals surface area contributed by atoms with Gasteiger partial charge >= 0.3 is 12.1 Å². The van der Waals surface area contributed by atoms with Crippen LogP contribution in [0.5, 0.6) is 5.75 Å². The average molecular weight is 1470 g/mol. The lowest BCUT2D eigenvalue weighted by Gasteiger charge is -2.39. The van der Waals surface area contributed by atoms with E-state index in [-0.39, 0.29) is 61.3 Å². The molecule has 2 aromatic carbocycles. The third-order valence-corrected chi connectivity index (χ3v) is 15.8. The number of pyridine rings is 1. The Hall–Kier alpha value is -6.65. The summed E-state index contributed by atoms with van der Waals surface area (Å²) < 4.78 is 84.2. The summed E-state index contributed by atoms with van der Waals surface area (Å²) >= 11 is 0. The van der Waals surface area contributed by atoms with E-state index in [1.54, 1.807) is 13.2 Å². The van der Waals surface area contributed by atoms with E-state index in [2.05, 4.69) is 37.7 Å². The number of aromatic nitrogens is 3. The number of aryl methyl sites for hydroxylation is 2. The van der Waals surface area contributed by atoms with Gasteiger partial charge in [0.2, 0.25) is 24.0 Å². The second kappa shape index (κ2) is 53.2. The second-order valence-corrected chi connectivity index (χ2v) is 23.7. The van der Waals surface area contributed by atoms with E-state index < -0.39 is 67.2 Å². The van der Waals surface area contributed by atoms with Gasteiger partial charge in [0.05, 0.1) is 187 Å². The fraction of sp³-hybridized carbons (Fsp3) is 0.696. The Morgan fingerprint density at radius 2 is 1.16 bits per heavy atom. The molecule has 0 radical (unpaired) electrons. The quantitative estimate of drug-likeness (QED) is 0.0281. The number of rotatable bonds is 61. The van der Waals surface area contributed by atoms with Crippen LogP contribution in [0.15, 0.2) is 36.4 Å². The molecular formula is C69H111N9O25. The van der Waals surface area contributed by atoms with Crippen LogP contribution in [0.2, 0.25) is 0 Å². The van der Waals surface area contributed by atoms with Crippen LogP contribution in [-0.2, 0) is 100 Å². The van der Waals surface area contributed by atoms with Crippen molar-refractivity contribution < 1.29 is 121 Å². The number of carboxylic acids is 1. The molecule has 0 unspecified atom stereocenters. The summed E-state index contributed by atoms with van der Waals surface area (Å²) in [5.74, 6) is -1.29. The van der Waals surface area contributed by atoms with Gasteiger partial charge in [-0.15, -0.1) is 0 Å². The number of nitrogens with two attached hydrogens (primary N) is 2. The van der Waals surface area contributed by atoms with Gasteiger partial charge in [0, 0.05) is 57.9 Å². The Labute approximate surface area is 600 Å². The van der Waals surface area contributed by atoms with Crippen molar-refractivity contribution in [3.8, 4) is 5.75 Å². The van der Waals surface area contributed by atoms with E-state index in [0.29, 0.717) is 207 Å². The van der Waals surface area contributed by atoms with Gasteiger partial charge < -0.3 is 134 Å². The Morgan fingerprint density at radius 3 is 1.71 bits per heavy atom. The molecule has 6 atom stereocenters. The summed E-state index contributed by atoms with van der Waals surface area (Å²) in [6, 6.07) is 8.29. The van der Waals surface area contributed by atoms with E-state index in [1.807, 2.05) is 0 Å². The number of amides is 4. The van der Waals surface area contributed by atoms with Crippen molar-refractivity contribution in [1.82, 2.24) is 30.5 Å². The highest BCUT2D eigenvalue weighted by molar-refractivity contribution is 6.08. The zero-order valence-corrected chi connectivity index (χ0v) is 59.6. The van der Waals surface area contributed by atoms with Crippen molar-refractivity contribution in [3.05, 3.63) is 53.3 Å². The summed E-state index contributed by atoms with van der Waals surface area (Å²) in [5, 5.41) is 62.4. The van der Waals surface area contributed by atoms with Gasteiger partial charge in [-0.2, -0.15) is 0 Å². The van der Waals surface area contributed by atoms with Gasteiger partial charge in [-0.05, 0) is 80.8 Å². The van der Waals surface area contributed by atoms with Gasteiger partial charge in [-0.1, -0.05) is 19.4 Å². The molecule has 1 fully saturated rings. The van der Waals surface area contributed by atoms with Gasteiger partial charge in [-0.25, -0.2) is 19.6 Å². The molecule has 0 spiro atoms. The molecule has 103 heavy (non-hydrogen) atoms. The molecule has 1 saturated heterocycles. The molecule has 13 N–H and O–H groups in total. The molecule has 0 saturated carbocycles. The monoisotopic (exact) mass is 1470 g/mol. The van der Waals surface area contributed by atoms with E-state index >= 15 is 0 Å². The van der Waals surface area contributed by atoms with Crippen LogP contribution < -0.4 is 37.5 Å². The number of carbonyl (C=O) groups excluding carboxylic acids is 4. The highest BCUT2D eigenvalue weighted by Crippen LogP contribution is 2.33. The van der Waals surface area contributed by atoms with Gasteiger partial charge in [0.25, 0.3) is 0 Å². The van der Waals surface area contributed by atoms with Crippen LogP contribution in [0.25, 0.3) is 21.9 Å². The third-order valence-electron chi connectivity index (χ3n) is 15.8. The number of hydrogen-bond donors (Lipinski definition) is 11. The van der Waals surface area contributed by atoms with Gasteiger partial charge in [-0.3, -0.25) is 14.4 Å². The molecule has 2 aromatic heterocycles. The number of fused-ring (bicyclic) bond motifs is 3. The van der Waals surface area contributed by atoms with E-state index in [4.69, 9.17) is 87.5 Å². The Morgan fingerprint density at radius 1 is 0.602 bits per heavy atom. The third kappa shape index (κ3) is 34.9. The molecule has 5 rings (SSSR count). The maximum Gasteiger partial charge on any atom is 0.407 e. The van der Waals surface area contributed by atoms with Crippen LogP contribution >= 0.6 is 0 Å². The minimum Gasteiger partial charge on any atom is -0.478 e. The number of methoxy groups -OCH3 is 1. The fourth-order valence-corrected chi connectivity index (χ4v) is 10.2. The number of alkyl carbamates (subject to hydrolysis) is 1. The summed E-state index contributed by atoms with van der Waals surface area (Å²) in [5.41, 5.74) is 14.9. The molecule has 3 heterocycles. The maximum absolute atomic E-state index is 13.4. The van der Waals surface area contributed by atoms with E-state index in [9.17, 15) is 49.5 Å². The number of imidazole rings is 1. The molecule has 0 aliphatic carbocycles. The van der Waals surface area contributed by atoms with Crippen LogP contribution in [0.3, 0.4) is 0 Å². The minimum atomic E-state index is -1.76. The standard InChI is InChI=1S/C69H111N9O25/c1-3-4-11-57-77-60-61(51-14-13-50(67(86)87)46-53(51)76-65(60)71)78(57)21-9-5-7-19-74-69(88)101-48-49-12-15-55(102-68-64(84)63(83)62(82)56(47-79)103-68)54(45-49)75-59(81)16-20-73-66(85)52(70)10-6-8-18-72-58(80)17-22-90-25-26-92-29-30-94-33-34-96-37-38-98-41-42-100-44-43-99-40-39-97-36-35-95-32-31-93-28-27-91-24-23-89-2/h12-15,45-46,52,56,62-64,68,79,82-84H,3-11,16-44,47-48,70H2,1-2H3,(H2,71,76)(H,72,80)(H,73,85)(H,74,88)(H,75,81)(H,86,87)/t52-,56+,62+,63-,64-,68-/m0/s1. The zero-order chi connectivity index (χ0) is 74.1. The SMILES string of the molecule is CCCCc1nc2c(N)nc3cc(C(=O)O)ccc3c2n1CCCCCNC(=O)OCc1ccc(O[C@H]2O[C@H](CO)[C@@H](O)[C@H](O)[C@@H]2O)c(NC(=O)CCNC(=O)[C@@H](N)CCCCNC(=O)CCOCCOCCOCCOCCOCCOCCOCCOCCOCCOCCOCCOC)c1. The predicted molar refractivity (Wildman–Crippen MR) is 374 cm³/mol. The number of benzene rings is 2. The van der Waals surface area contributed by atoms with Crippen LogP contribution in [0, 0.1) is 0 Å². The number of anilines is 2. The molecule has 4 aromatic rings. The minimum absolute atomic E-state index is 0.0409. The van der Waals surface area contributed by atoms with Gasteiger partial charge in [0.1, 0.15) is 48.1 Å². The lowest BCUT2D eigenvalue weighted by Crippen LogP contribution is -2.60. The molecule has 1 aliphatic rings. The van der Waals surface area contributed by atoms with Gasteiger partial charge in [0.15, 0.2) is 5.82 Å². The molecule has 34 nitrogen and oxygen atoms in total. The second-order valence-electron chi connectivity index (χ2n) is 23.7. The number of unbranched alkanes of at least 4 members (excludes halogenated alkanes) is 4. The predicted octanol–water partition coefficient (Wildman–Crippen LogP) is 1.76. The molecule has 4 amide bonds. The molecular weight excluding hydrogens is 1350 g/mol. The highest BCUT2D eigenvalue weighted by atomic mass is 16.7. The number of ether oxygens (including phenoxy) is 15. The number of carboxylic acid groups (broad SMARTS) is 1. The summed E-state index contributed by atoms with van der Waals surface area (Å²) in [6.07, 6.45) is -2.72. The first kappa shape index (κ1) is 87.0. The lowest BCUT2D eigenvalue weighted by atomic mass is 9.99. The Balaban J connectivity index is 0.857. The first-order valence-electron chi connectivity index (χ1n) is 35.4. The largest absolute Gasteiger partial charge is 0.478 e. The zero-order valence-electron chi connectivity index (χ0n) is 59.6. The number of aliphatic hydroxyl groups excluding tert-OH is 4. The summed E-state index contributed by atoms with van der Waals surface area (Å²) in [4.78, 5) is 72.5. The number of nitrogen functional groups attached to an aromatic ring is 1. The first-order valence-corrected chi connectivity index (χ1v) is 35.4. The number of nitrogens with zero attached hydrogens (tertiary/aromatic N) is 3. The average Bonchev–Trinajstić information content (AvgIpc) is 1.63. The van der Waals surface area contributed by atoms with Crippen LogP contribution in [-0.4, -0.2) is 292 Å². The van der Waals surface area contributed by atoms with E-state index in [0.717, 1.165) is 48.8 Å². The molecule has 582 valence electrons. The topological polar surface area (TPSA) is 456 Å². The van der Waals surface area contributed by atoms with Crippen molar-refractivity contribution in [2.24, 2.45) is 5.73 Å². The van der Waals surface area contributed by atoms with Crippen molar-refractivity contribution in [2.45, 2.75) is 127 Å². The maximum atomic E-state index is 13.4. The molecule has 34 heteroatoms. The number of nitrogens with one attached hydrogen (secondary N) is 4. The van der Waals surface area contributed by atoms with Crippen LogP contribution in [0.1, 0.15) is 92.9 Å². The molecule has 1 aliphatic heterocycles. The molecule has 0 bridgehead atoms. The number of aromatic carboxylic acids is 1. The normalized spacial score (nSPS) is 16.3. The van der Waals surface area contributed by atoms with Crippen molar-refractivity contribution in [2.75, 3.05) is 196 Å². The first-order chi connectivity index (χ1) is 50.1. The number of carbonyl (C=O) groups is 5. The van der Waals surface area contributed by atoms with Crippen LogP contribution in [0.4, 0.5) is 16.3 Å². The smallest absolute Gasteiger partial charge is 0.407 e. The number of hydrogen-bond acceptors (Lipinski definition) is 28.